The quantitative estimate of drug-likeness (QED) is 0.749. The molecular weight excluding hydrogens is 356 g/mol. The summed E-state index contributed by atoms with van der Waals surface area (Å²) in [6.45, 7) is 0.993. The fourth-order valence-electron chi connectivity index (χ4n) is 4.03. The SMILES string of the molecule is O=C(Cc1ccccc1)NC1C(=O)N2C(C(=O)O)C3(CCOCC3)S[C@@H]12. The van der Waals surface area contributed by atoms with Crippen LogP contribution >= 0.6 is 11.8 Å². The molecule has 0 radical (unpaired) electrons. The lowest BCUT2D eigenvalue weighted by Crippen LogP contribution is -2.71. The number of hydrogen-bond donors (Lipinski definition) is 2. The highest BCUT2D eigenvalue weighted by Gasteiger charge is 2.67. The minimum Gasteiger partial charge on any atom is -0.480 e. The van der Waals surface area contributed by atoms with E-state index in [1.54, 1.807) is 0 Å². The van der Waals surface area contributed by atoms with Crippen LogP contribution in [0.25, 0.3) is 0 Å². The van der Waals surface area contributed by atoms with Crippen LogP contribution in [0.5, 0.6) is 0 Å². The van der Waals surface area contributed by atoms with Crippen molar-refractivity contribution in [1.29, 1.82) is 0 Å². The second-order valence-electron chi connectivity index (χ2n) is 6.88. The van der Waals surface area contributed by atoms with Crippen molar-refractivity contribution in [3.05, 3.63) is 35.9 Å². The van der Waals surface area contributed by atoms with Gasteiger partial charge in [-0.1, -0.05) is 30.3 Å². The predicted molar refractivity (Wildman–Crippen MR) is 94.5 cm³/mol. The summed E-state index contributed by atoms with van der Waals surface area (Å²) in [6, 6.07) is 7.81. The van der Waals surface area contributed by atoms with Gasteiger partial charge in [0.1, 0.15) is 17.5 Å². The molecule has 26 heavy (non-hydrogen) atoms. The van der Waals surface area contributed by atoms with Gasteiger partial charge in [-0.15, -0.1) is 11.8 Å². The molecule has 0 bridgehead atoms. The van der Waals surface area contributed by atoms with Gasteiger partial charge >= 0.3 is 5.97 Å². The third-order valence-corrected chi connectivity index (χ3v) is 7.15. The highest BCUT2D eigenvalue weighted by molar-refractivity contribution is 8.01. The number of rotatable bonds is 4. The van der Waals surface area contributed by atoms with Crippen LogP contribution in [0.4, 0.5) is 0 Å². The molecule has 8 heteroatoms. The van der Waals surface area contributed by atoms with E-state index in [1.807, 2.05) is 30.3 Å². The average Bonchev–Trinajstić information content (AvgIpc) is 2.92. The van der Waals surface area contributed by atoms with Crippen molar-refractivity contribution in [2.75, 3.05) is 13.2 Å². The molecule has 3 atom stereocenters. The number of thioether (sulfide) groups is 1. The number of carbonyl (C=O) groups excluding carboxylic acids is 2. The van der Waals surface area contributed by atoms with Crippen molar-refractivity contribution in [2.24, 2.45) is 0 Å². The molecular formula is C18H20N2O5S. The van der Waals surface area contributed by atoms with E-state index in [-0.39, 0.29) is 23.6 Å². The standard InChI is InChI=1S/C18H20N2O5S/c21-12(10-11-4-2-1-3-5-11)19-13-15(22)20-14(17(23)24)18(26-16(13)20)6-8-25-9-7-18/h1-5,13-14,16H,6-10H2,(H,19,21)(H,23,24)/t13?,14?,16-/m0/s1. The number of β-lactam (4-membered cyclic amide) rings is 1. The summed E-state index contributed by atoms with van der Waals surface area (Å²) in [6.07, 6.45) is 1.39. The summed E-state index contributed by atoms with van der Waals surface area (Å²) in [7, 11) is 0. The number of nitrogens with one attached hydrogen (secondary N) is 1. The summed E-state index contributed by atoms with van der Waals surface area (Å²) in [4.78, 5) is 38.2. The molecule has 0 aliphatic carbocycles. The highest BCUT2D eigenvalue weighted by Crippen LogP contribution is 2.55. The van der Waals surface area contributed by atoms with Gasteiger partial charge in [0.2, 0.25) is 11.8 Å². The first-order valence-corrected chi connectivity index (χ1v) is 9.54. The van der Waals surface area contributed by atoms with E-state index < -0.39 is 22.8 Å². The number of carboxylic acids is 1. The summed E-state index contributed by atoms with van der Waals surface area (Å²) >= 11 is 1.51. The smallest absolute Gasteiger partial charge is 0.327 e. The second-order valence-corrected chi connectivity index (χ2v) is 8.41. The first kappa shape index (κ1) is 17.4. The Kier molecular flexibility index (Phi) is 4.40. The molecule has 7 nitrogen and oxygen atoms in total. The predicted octanol–water partition coefficient (Wildman–Crippen LogP) is 0.631. The summed E-state index contributed by atoms with van der Waals surface area (Å²) in [5.74, 6) is -1.52. The Balaban J connectivity index is 1.47. The van der Waals surface area contributed by atoms with Crippen LogP contribution < -0.4 is 5.32 Å². The summed E-state index contributed by atoms with van der Waals surface area (Å²) in [5.41, 5.74) is 0.872. The van der Waals surface area contributed by atoms with E-state index in [0.717, 1.165) is 5.56 Å². The Morgan fingerprint density at radius 1 is 1.27 bits per heavy atom. The van der Waals surface area contributed by atoms with Crippen molar-refractivity contribution in [1.82, 2.24) is 10.2 Å². The number of nitrogens with zero attached hydrogens (tertiary/aromatic N) is 1. The lowest BCUT2D eigenvalue weighted by Gasteiger charge is -2.44. The van der Waals surface area contributed by atoms with Gasteiger partial charge in [0.25, 0.3) is 0 Å². The van der Waals surface area contributed by atoms with Gasteiger partial charge in [0, 0.05) is 13.2 Å². The lowest BCUT2D eigenvalue weighted by molar-refractivity contribution is -0.162. The van der Waals surface area contributed by atoms with Crippen LogP contribution in [0.3, 0.4) is 0 Å². The number of ether oxygens (including phenoxy) is 1. The number of fused-ring (bicyclic) bond motifs is 1. The maximum absolute atomic E-state index is 12.6. The van der Waals surface area contributed by atoms with Crippen molar-refractivity contribution in [2.45, 2.75) is 41.5 Å². The van der Waals surface area contributed by atoms with Crippen LogP contribution in [0.2, 0.25) is 0 Å². The van der Waals surface area contributed by atoms with E-state index in [0.29, 0.717) is 26.1 Å². The number of benzene rings is 1. The minimum atomic E-state index is -0.982. The molecule has 1 aromatic carbocycles. The van der Waals surface area contributed by atoms with Crippen LogP contribution in [0.1, 0.15) is 18.4 Å². The van der Waals surface area contributed by atoms with Gasteiger partial charge in [-0.25, -0.2) is 4.79 Å². The fourth-order valence-corrected chi connectivity index (χ4v) is 5.92. The Morgan fingerprint density at radius 2 is 1.96 bits per heavy atom. The molecule has 0 saturated carbocycles. The van der Waals surface area contributed by atoms with Crippen LogP contribution in [0.15, 0.2) is 30.3 Å². The van der Waals surface area contributed by atoms with Gasteiger partial charge in [-0.2, -0.15) is 0 Å². The van der Waals surface area contributed by atoms with E-state index in [9.17, 15) is 19.5 Å². The molecule has 1 aromatic rings. The normalized spacial score (nSPS) is 29.2. The van der Waals surface area contributed by atoms with Crippen LogP contribution in [-0.4, -0.2) is 63.2 Å². The molecule has 3 aliphatic rings. The molecule has 2 amide bonds. The summed E-state index contributed by atoms with van der Waals surface area (Å²) in [5, 5.41) is 12.2. The molecule has 1 spiro atoms. The van der Waals surface area contributed by atoms with Gasteiger partial charge in [0.15, 0.2) is 0 Å². The van der Waals surface area contributed by atoms with Crippen molar-refractivity contribution >= 4 is 29.5 Å². The third kappa shape index (κ3) is 2.77. The van der Waals surface area contributed by atoms with Crippen molar-refractivity contribution < 1.29 is 24.2 Å². The Morgan fingerprint density at radius 3 is 2.62 bits per heavy atom. The highest BCUT2D eigenvalue weighted by atomic mass is 32.2. The minimum absolute atomic E-state index is 0.198. The van der Waals surface area contributed by atoms with Gasteiger partial charge in [-0.05, 0) is 18.4 Å². The molecule has 0 aromatic heterocycles. The van der Waals surface area contributed by atoms with Gasteiger partial charge in [-0.3, -0.25) is 9.59 Å². The summed E-state index contributed by atoms with van der Waals surface area (Å²) < 4.78 is 4.86. The zero-order valence-corrected chi connectivity index (χ0v) is 14.9. The molecule has 3 saturated heterocycles. The third-order valence-electron chi connectivity index (χ3n) is 5.31. The Bertz CT molecular complexity index is 734. The maximum atomic E-state index is 12.6. The number of hydrogen-bond acceptors (Lipinski definition) is 5. The maximum Gasteiger partial charge on any atom is 0.327 e. The zero-order valence-electron chi connectivity index (χ0n) is 14.1. The van der Waals surface area contributed by atoms with Gasteiger partial charge in [0.05, 0.1) is 11.2 Å². The van der Waals surface area contributed by atoms with Crippen LogP contribution in [-0.2, 0) is 25.5 Å². The first-order valence-electron chi connectivity index (χ1n) is 8.66. The number of aliphatic carboxylic acids is 1. The molecule has 2 unspecified atom stereocenters. The number of carboxylic acid groups (broad SMARTS) is 1. The Labute approximate surface area is 155 Å². The van der Waals surface area contributed by atoms with E-state index in [4.69, 9.17) is 4.74 Å². The van der Waals surface area contributed by atoms with E-state index in [2.05, 4.69) is 5.32 Å². The second kappa shape index (κ2) is 6.59. The number of carbonyl (C=O) groups is 3. The molecule has 3 heterocycles. The lowest BCUT2D eigenvalue weighted by atomic mass is 9.87. The van der Waals surface area contributed by atoms with Crippen molar-refractivity contribution in [3.63, 3.8) is 0 Å². The van der Waals surface area contributed by atoms with Gasteiger partial charge < -0.3 is 20.1 Å². The number of amides is 2. The molecule has 138 valence electrons. The van der Waals surface area contributed by atoms with Crippen molar-refractivity contribution in [3.8, 4) is 0 Å². The monoisotopic (exact) mass is 376 g/mol. The average molecular weight is 376 g/mol. The van der Waals surface area contributed by atoms with Crippen LogP contribution in [0, 0.1) is 0 Å². The zero-order chi connectivity index (χ0) is 18.3. The molecule has 4 rings (SSSR count). The molecule has 3 aliphatic heterocycles. The Hall–Kier alpha value is -2.06. The van der Waals surface area contributed by atoms with E-state index >= 15 is 0 Å². The topological polar surface area (TPSA) is 95.9 Å². The van der Waals surface area contributed by atoms with E-state index in [1.165, 1.54) is 16.7 Å². The molecule has 2 N–H and O–H groups in total. The molecule has 3 fully saturated rings. The largest absolute Gasteiger partial charge is 0.480 e. The first-order chi connectivity index (χ1) is 12.5. The fraction of sp³-hybridized carbons (Fsp3) is 0.500.